The monoisotopic (exact) mass is 349 g/mol. The van der Waals surface area contributed by atoms with Crippen molar-refractivity contribution in [2.24, 2.45) is 0 Å². The molecule has 3 nitrogen and oxygen atoms in total. The zero-order valence-corrected chi connectivity index (χ0v) is 11.5. The van der Waals surface area contributed by atoms with E-state index in [2.05, 4.69) is 27.9 Å². The summed E-state index contributed by atoms with van der Waals surface area (Å²) in [6, 6.07) is 5.80. The fourth-order valence-electron chi connectivity index (χ4n) is 1.36. The third-order valence-corrected chi connectivity index (χ3v) is 3.47. The maximum Gasteiger partial charge on any atom is 0.164 e. The minimum absolute atomic E-state index is 0.444. The molecule has 2 rings (SSSR count). The molecular weight excluding hydrogens is 337 g/mol. The summed E-state index contributed by atoms with van der Waals surface area (Å²) in [6.45, 7) is 1.18. The molecule has 1 unspecified atom stereocenters. The molecule has 16 heavy (non-hydrogen) atoms. The Bertz CT molecular complexity index is 427. The Morgan fingerprint density at radius 3 is 2.94 bits per heavy atom. The van der Waals surface area contributed by atoms with Crippen molar-refractivity contribution >= 4 is 33.9 Å². The Kier molecular flexibility index (Phi) is 4.39. The van der Waals surface area contributed by atoms with Crippen LogP contribution in [-0.2, 0) is 6.54 Å². The Morgan fingerprint density at radius 2 is 2.31 bits per heavy atom. The maximum atomic E-state index is 9.80. The van der Waals surface area contributed by atoms with Crippen LogP contribution in [0.15, 0.2) is 33.4 Å². The predicted molar refractivity (Wildman–Crippen MR) is 72.4 cm³/mol. The average Bonchev–Trinajstić information content (AvgIpc) is 2.89. The molecule has 0 amide bonds. The Balaban J connectivity index is 1.76. The van der Waals surface area contributed by atoms with Crippen LogP contribution in [0.2, 0.25) is 0 Å². The van der Waals surface area contributed by atoms with Gasteiger partial charge in [-0.1, -0.05) is 0 Å². The van der Waals surface area contributed by atoms with Gasteiger partial charge in [0.2, 0.25) is 0 Å². The van der Waals surface area contributed by atoms with Gasteiger partial charge in [-0.05, 0) is 57.1 Å². The van der Waals surface area contributed by atoms with Crippen molar-refractivity contribution in [3.05, 3.63) is 44.0 Å². The number of halogens is 1. The van der Waals surface area contributed by atoms with Crippen LogP contribution in [0, 0.1) is 3.77 Å². The van der Waals surface area contributed by atoms with E-state index in [1.807, 2.05) is 29.0 Å². The van der Waals surface area contributed by atoms with E-state index in [4.69, 9.17) is 4.42 Å². The van der Waals surface area contributed by atoms with E-state index in [0.29, 0.717) is 13.1 Å². The zero-order valence-electron chi connectivity index (χ0n) is 8.52. The molecule has 0 fully saturated rings. The lowest BCUT2D eigenvalue weighted by molar-refractivity contribution is 0.174. The van der Waals surface area contributed by atoms with Crippen molar-refractivity contribution in [1.82, 2.24) is 5.32 Å². The number of hydrogen-bond donors (Lipinski definition) is 2. The Labute approximate surface area is 112 Å². The lowest BCUT2D eigenvalue weighted by Crippen LogP contribution is -2.20. The van der Waals surface area contributed by atoms with E-state index in [1.54, 1.807) is 11.3 Å². The topological polar surface area (TPSA) is 45.4 Å². The van der Waals surface area contributed by atoms with Crippen LogP contribution < -0.4 is 5.32 Å². The van der Waals surface area contributed by atoms with E-state index in [9.17, 15) is 5.11 Å². The fourth-order valence-corrected chi connectivity index (χ4v) is 2.53. The molecule has 0 saturated heterocycles. The van der Waals surface area contributed by atoms with Crippen LogP contribution in [0.4, 0.5) is 0 Å². The second-order valence-electron chi connectivity index (χ2n) is 3.41. The number of nitrogens with one attached hydrogen (secondary N) is 1. The van der Waals surface area contributed by atoms with Gasteiger partial charge >= 0.3 is 0 Å². The van der Waals surface area contributed by atoms with Gasteiger partial charge < -0.3 is 14.8 Å². The summed E-state index contributed by atoms with van der Waals surface area (Å²) in [4.78, 5) is 0. The molecule has 5 heteroatoms. The lowest BCUT2D eigenvalue weighted by atomic mass is 10.2. The second kappa shape index (κ2) is 5.81. The van der Waals surface area contributed by atoms with Crippen molar-refractivity contribution in [3.63, 3.8) is 0 Å². The van der Waals surface area contributed by atoms with E-state index in [0.717, 1.165) is 15.1 Å². The van der Waals surface area contributed by atoms with Crippen LogP contribution in [0.5, 0.6) is 0 Å². The first-order valence-electron chi connectivity index (χ1n) is 4.91. The normalized spacial score (nSPS) is 12.9. The number of rotatable bonds is 5. The molecule has 0 spiro atoms. The summed E-state index contributed by atoms with van der Waals surface area (Å²) in [5, 5.41) is 16.9. The van der Waals surface area contributed by atoms with E-state index < -0.39 is 6.10 Å². The minimum Gasteiger partial charge on any atom is -0.454 e. The van der Waals surface area contributed by atoms with Crippen molar-refractivity contribution in [1.29, 1.82) is 0 Å². The van der Waals surface area contributed by atoms with Crippen LogP contribution in [0.25, 0.3) is 0 Å². The van der Waals surface area contributed by atoms with Gasteiger partial charge in [-0.2, -0.15) is 11.3 Å². The number of aliphatic hydroxyl groups excluding tert-OH is 1. The van der Waals surface area contributed by atoms with Crippen molar-refractivity contribution in [3.8, 4) is 0 Å². The van der Waals surface area contributed by atoms with Crippen molar-refractivity contribution in [2.75, 3.05) is 6.54 Å². The Hall–Kier alpha value is -0.370. The molecule has 86 valence electrons. The highest BCUT2D eigenvalue weighted by Gasteiger charge is 2.07. The molecule has 0 aliphatic carbocycles. The van der Waals surface area contributed by atoms with Gasteiger partial charge in [0.15, 0.2) is 3.77 Å². The van der Waals surface area contributed by atoms with Crippen molar-refractivity contribution < 1.29 is 9.52 Å². The molecular formula is C11H12INO2S. The van der Waals surface area contributed by atoms with E-state index >= 15 is 0 Å². The summed E-state index contributed by atoms with van der Waals surface area (Å²) in [5.41, 5.74) is 0.964. The summed E-state index contributed by atoms with van der Waals surface area (Å²) in [6.07, 6.45) is -0.444. The summed E-state index contributed by atoms with van der Waals surface area (Å²) < 4.78 is 6.28. The standard InChI is InChI=1S/C11H12INO2S/c12-11-2-1-9(15-11)5-13-6-10(14)8-3-4-16-7-8/h1-4,7,10,13-14H,5-6H2. The smallest absolute Gasteiger partial charge is 0.164 e. The molecule has 0 aliphatic rings. The fraction of sp³-hybridized carbons (Fsp3) is 0.273. The van der Waals surface area contributed by atoms with Crippen LogP contribution in [0.3, 0.4) is 0 Å². The quantitative estimate of drug-likeness (QED) is 0.816. The summed E-state index contributed by atoms with van der Waals surface area (Å²) in [5.74, 6) is 0.891. The lowest BCUT2D eigenvalue weighted by Gasteiger charge is -2.09. The minimum atomic E-state index is -0.444. The van der Waals surface area contributed by atoms with Gasteiger partial charge in [-0.15, -0.1) is 0 Å². The third-order valence-electron chi connectivity index (χ3n) is 2.19. The molecule has 0 aromatic carbocycles. The van der Waals surface area contributed by atoms with Gasteiger partial charge in [0.1, 0.15) is 5.76 Å². The number of aliphatic hydroxyl groups is 1. The first-order chi connectivity index (χ1) is 7.75. The SMILES string of the molecule is OC(CNCc1ccc(I)o1)c1ccsc1. The number of furan rings is 1. The second-order valence-corrected chi connectivity index (χ2v) is 5.25. The molecule has 0 saturated carbocycles. The van der Waals surface area contributed by atoms with Crippen LogP contribution in [-0.4, -0.2) is 11.7 Å². The molecule has 0 radical (unpaired) electrons. The Morgan fingerprint density at radius 1 is 1.44 bits per heavy atom. The first-order valence-corrected chi connectivity index (χ1v) is 6.93. The summed E-state index contributed by atoms with van der Waals surface area (Å²) in [7, 11) is 0. The first kappa shape index (κ1) is 12.1. The molecule has 2 N–H and O–H groups in total. The highest BCUT2D eigenvalue weighted by molar-refractivity contribution is 14.1. The van der Waals surface area contributed by atoms with Gasteiger partial charge in [0.25, 0.3) is 0 Å². The molecule has 0 aliphatic heterocycles. The molecule has 2 aromatic heterocycles. The van der Waals surface area contributed by atoms with Gasteiger partial charge in [-0.3, -0.25) is 0 Å². The van der Waals surface area contributed by atoms with E-state index in [1.165, 1.54) is 0 Å². The summed E-state index contributed by atoms with van der Waals surface area (Å²) >= 11 is 3.73. The molecule has 2 heterocycles. The van der Waals surface area contributed by atoms with E-state index in [-0.39, 0.29) is 0 Å². The number of thiophene rings is 1. The highest BCUT2D eigenvalue weighted by Crippen LogP contribution is 2.15. The number of hydrogen-bond acceptors (Lipinski definition) is 4. The maximum absolute atomic E-state index is 9.80. The zero-order chi connectivity index (χ0) is 11.4. The molecule has 2 aromatic rings. The molecule has 0 bridgehead atoms. The van der Waals surface area contributed by atoms with Crippen LogP contribution in [0.1, 0.15) is 17.4 Å². The predicted octanol–water partition coefficient (Wildman–Crippen LogP) is 2.77. The molecule has 1 atom stereocenters. The van der Waals surface area contributed by atoms with Crippen molar-refractivity contribution in [2.45, 2.75) is 12.6 Å². The van der Waals surface area contributed by atoms with Crippen LogP contribution >= 0.6 is 33.9 Å². The third kappa shape index (κ3) is 3.31. The average molecular weight is 349 g/mol. The van der Waals surface area contributed by atoms with Gasteiger partial charge in [0.05, 0.1) is 12.6 Å². The van der Waals surface area contributed by atoms with Gasteiger partial charge in [-0.25, -0.2) is 0 Å². The van der Waals surface area contributed by atoms with Gasteiger partial charge in [0, 0.05) is 6.54 Å². The largest absolute Gasteiger partial charge is 0.454 e. The highest BCUT2D eigenvalue weighted by atomic mass is 127.